The summed E-state index contributed by atoms with van der Waals surface area (Å²) in [4.78, 5) is 0. The first kappa shape index (κ1) is 9.13. The molecular formula is C6H10ClNS. The van der Waals surface area contributed by atoms with Crippen molar-refractivity contribution >= 4 is 23.4 Å². The molecule has 3 heteroatoms. The lowest BCUT2D eigenvalue weighted by Crippen LogP contribution is -1.92. The minimum absolute atomic E-state index is 0.119. The van der Waals surface area contributed by atoms with Crippen molar-refractivity contribution in [2.24, 2.45) is 0 Å². The van der Waals surface area contributed by atoms with Crippen LogP contribution in [0.1, 0.15) is 13.3 Å². The Labute approximate surface area is 65.4 Å². The maximum atomic E-state index is 8.33. The van der Waals surface area contributed by atoms with Gasteiger partial charge in [-0.1, -0.05) is 0 Å². The molecule has 52 valence electrons. The second-order valence-electron chi connectivity index (χ2n) is 1.68. The summed E-state index contributed by atoms with van der Waals surface area (Å²) in [6, 6.07) is 2.14. The van der Waals surface area contributed by atoms with Crippen LogP contribution >= 0.6 is 23.4 Å². The summed E-state index contributed by atoms with van der Waals surface area (Å²) < 4.78 is 0. The topological polar surface area (TPSA) is 23.8 Å². The molecule has 0 spiro atoms. The molecule has 1 nitrogen and oxygen atoms in total. The van der Waals surface area contributed by atoms with Gasteiger partial charge in [0.2, 0.25) is 0 Å². The molecule has 0 aromatic rings. The molecule has 0 heterocycles. The molecule has 0 saturated heterocycles. The Kier molecular flexibility index (Phi) is 6.34. The Morgan fingerprint density at radius 3 is 2.89 bits per heavy atom. The third-order valence-corrected chi connectivity index (χ3v) is 2.22. The fraction of sp³-hybridized carbons (Fsp3) is 0.833. The van der Waals surface area contributed by atoms with E-state index in [-0.39, 0.29) is 5.25 Å². The Balaban J connectivity index is 2.99. The fourth-order valence-electron chi connectivity index (χ4n) is 0.352. The van der Waals surface area contributed by atoms with Gasteiger partial charge in [0.15, 0.2) is 0 Å². The van der Waals surface area contributed by atoms with Gasteiger partial charge >= 0.3 is 0 Å². The lowest BCUT2D eigenvalue weighted by molar-refractivity contribution is 1.10. The van der Waals surface area contributed by atoms with Gasteiger partial charge < -0.3 is 0 Å². The average molecular weight is 164 g/mol. The molecule has 0 fully saturated rings. The molecule has 0 aliphatic rings. The van der Waals surface area contributed by atoms with Gasteiger partial charge in [-0.15, -0.1) is 23.4 Å². The number of hydrogen-bond donors (Lipinski definition) is 0. The van der Waals surface area contributed by atoms with Gasteiger partial charge in [0.25, 0.3) is 0 Å². The van der Waals surface area contributed by atoms with Crippen molar-refractivity contribution in [2.75, 3.05) is 11.6 Å². The zero-order valence-electron chi connectivity index (χ0n) is 5.43. The summed E-state index contributed by atoms with van der Waals surface area (Å²) in [6.45, 7) is 1.90. The average Bonchev–Trinajstić information content (AvgIpc) is 1.89. The van der Waals surface area contributed by atoms with Gasteiger partial charge in [0.1, 0.15) is 0 Å². The highest BCUT2D eigenvalue weighted by molar-refractivity contribution is 8.00. The van der Waals surface area contributed by atoms with Crippen LogP contribution in [0.25, 0.3) is 0 Å². The van der Waals surface area contributed by atoms with Crippen LogP contribution in [0.5, 0.6) is 0 Å². The molecule has 9 heavy (non-hydrogen) atoms. The van der Waals surface area contributed by atoms with Crippen molar-refractivity contribution in [2.45, 2.75) is 18.6 Å². The van der Waals surface area contributed by atoms with E-state index in [9.17, 15) is 0 Å². The molecular weight excluding hydrogens is 154 g/mol. The van der Waals surface area contributed by atoms with Gasteiger partial charge in [-0.3, -0.25) is 0 Å². The summed E-state index contributed by atoms with van der Waals surface area (Å²) in [7, 11) is 0. The first-order chi connectivity index (χ1) is 4.31. The highest BCUT2D eigenvalue weighted by atomic mass is 35.5. The van der Waals surface area contributed by atoms with Crippen LogP contribution in [0, 0.1) is 11.3 Å². The van der Waals surface area contributed by atoms with E-state index in [0.29, 0.717) is 5.88 Å². The summed E-state index contributed by atoms with van der Waals surface area (Å²) in [5.74, 6) is 1.70. The first-order valence-corrected chi connectivity index (χ1v) is 4.46. The molecule has 1 atom stereocenters. The van der Waals surface area contributed by atoms with Gasteiger partial charge in [-0.25, -0.2) is 0 Å². The minimum atomic E-state index is 0.119. The predicted octanol–water partition coefficient (Wildman–Crippen LogP) is 2.26. The standard InChI is InChI=1S/C6H10ClNS/c1-6(5-8)9-4-2-3-7/h6H,2-4H2,1H3/t6-/m1/s1. The summed E-state index contributed by atoms with van der Waals surface area (Å²) in [5, 5.41) is 8.45. The van der Waals surface area contributed by atoms with Crippen molar-refractivity contribution in [3.8, 4) is 6.07 Å². The molecule has 0 unspecified atom stereocenters. The molecule has 0 amide bonds. The number of hydrogen-bond acceptors (Lipinski definition) is 2. The smallest absolute Gasteiger partial charge is 0.0888 e. The molecule has 0 aromatic carbocycles. The van der Waals surface area contributed by atoms with Crippen LogP contribution < -0.4 is 0 Å². The van der Waals surface area contributed by atoms with Gasteiger partial charge in [0.05, 0.1) is 11.3 Å². The summed E-state index contributed by atoms with van der Waals surface area (Å²) in [6.07, 6.45) is 0.998. The number of thioether (sulfide) groups is 1. The predicted molar refractivity (Wildman–Crippen MR) is 42.9 cm³/mol. The largest absolute Gasteiger partial charge is 0.197 e. The Hall–Kier alpha value is 0.130. The van der Waals surface area contributed by atoms with Crippen LogP contribution in [-0.4, -0.2) is 16.9 Å². The number of rotatable bonds is 4. The van der Waals surface area contributed by atoms with E-state index in [0.717, 1.165) is 12.2 Å². The Bertz CT molecular complexity index is 99.7. The van der Waals surface area contributed by atoms with Crippen LogP contribution in [0.2, 0.25) is 0 Å². The highest BCUT2D eigenvalue weighted by Crippen LogP contribution is 2.10. The van der Waals surface area contributed by atoms with Crippen LogP contribution in [-0.2, 0) is 0 Å². The van der Waals surface area contributed by atoms with Crippen molar-refractivity contribution in [3.63, 3.8) is 0 Å². The van der Waals surface area contributed by atoms with Crippen molar-refractivity contribution < 1.29 is 0 Å². The van der Waals surface area contributed by atoms with Crippen LogP contribution in [0.15, 0.2) is 0 Å². The summed E-state index contributed by atoms with van der Waals surface area (Å²) in [5.41, 5.74) is 0. The monoisotopic (exact) mass is 163 g/mol. The zero-order valence-corrected chi connectivity index (χ0v) is 7.00. The molecule has 0 aliphatic heterocycles. The van der Waals surface area contributed by atoms with Gasteiger partial charge in [-0.2, -0.15) is 5.26 Å². The van der Waals surface area contributed by atoms with Gasteiger partial charge in [-0.05, 0) is 19.1 Å². The Morgan fingerprint density at radius 1 is 1.78 bits per heavy atom. The fourth-order valence-corrected chi connectivity index (χ4v) is 1.38. The molecule has 0 bridgehead atoms. The van der Waals surface area contributed by atoms with Gasteiger partial charge in [0, 0.05) is 5.88 Å². The number of nitrogens with zero attached hydrogens (tertiary/aromatic N) is 1. The molecule has 0 N–H and O–H groups in total. The number of alkyl halides is 1. The van der Waals surface area contributed by atoms with Crippen LogP contribution in [0.3, 0.4) is 0 Å². The first-order valence-electron chi connectivity index (χ1n) is 2.88. The van der Waals surface area contributed by atoms with Crippen LogP contribution in [0.4, 0.5) is 0 Å². The molecule has 0 aliphatic carbocycles. The SMILES string of the molecule is C[C@H](C#N)SCCCCl. The summed E-state index contributed by atoms with van der Waals surface area (Å²) >= 11 is 7.09. The number of nitriles is 1. The Morgan fingerprint density at radius 2 is 2.44 bits per heavy atom. The quantitative estimate of drug-likeness (QED) is 0.469. The van der Waals surface area contributed by atoms with E-state index in [4.69, 9.17) is 16.9 Å². The maximum absolute atomic E-state index is 8.33. The van der Waals surface area contributed by atoms with E-state index in [1.807, 2.05) is 6.92 Å². The maximum Gasteiger partial charge on any atom is 0.0888 e. The van der Waals surface area contributed by atoms with Crippen molar-refractivity contribution in [1.82, 2.24) is 0 Å². The second-order valence-corrected chi connectivity index (χ2v) is 3.51. The lowest BCUT2D eigenvalue weighted by atomic mass is 10.5. The number of halogens is 1. The zero-order chi connectivity index (χ0) is 7.11. The normalized spacial score (nSPS) is 12.6. The molecule has 0 aromatic heterocycles. The van der Waals surface area contributed by atoms with Crippen molar-refractivity contribution in [3.05, 3.63) is 0 Å². The lowest BCUT2D eigenvalue weighted by Gasteiger charge is -1.98. The second kappa shape index (κ2) is 6.25. The van der Waals surface area contributed by atoms with E-state index >= 15 is 0 Å². The van der Waals surface area contributed by atoms with E-state index in [1.165, 1.54) is 0 Å². The third-order valence-electron chi connectivity index (χ3n) is 0.828. The molecule has 0 rings (SSSR count). The minimum Gasteiger partial charge on any atom is -0.197 e. The van der Waals surface area contributed by atoms with E-state index in [2.05, 4.69) is 6.07 Å². The van der Waals surface area contributed by atoms with Crippen molar-refractivity contribution in [1.29, 1.82) is 5.26 Å². The van der Waals surface area contributed by atoms with E-state index < -0.39 is 0 Å². The third kappa shape index (κ3) is 6.01. The highest BCUT2D eigenvalue weighted by Gasteiger charge is 1.96. The van der Waals surface area contributed by atoms with E-state index in [1.54, 1.807) is 11.8 Å². The molecule has 0 saturated carbocycles. The molecule has 0 radical (unpaired) electrons.